The summed E-state index contributed by atoms with van der Waals surface area (Å²) in [6.45, 7) is 2.15. The molecule has 188 valence electrons. The van der Waals surface area contributed by atoms with Crippen LogP contribution in [0, 0.1) is 11.6 Å². The smallest absolute Gasteiger partial charge is 0.249 e. The van der Waals surface area contributed by atoms with E-state index in [4.69, 9.17) is 15.2 Å². The molecule has 8 heteroatoms. The fraction of sp³-hybridized carbons (Fsp3) is 0.250. The van der Waals surface area contributed by atoms with Crippen LogP contribution in [0.5, 0.6) is 17.2 Å². The van der Waals surface area contributed by atoms with Crippen molar-refractivity contribution in [3.05, 3.63) is 89.0 Å². The fourth-order valence-corrected chi connectivity index (χ4v) is 4.08. The molecule has 1 aliphatic rings. The molecule has 3 aromatic carbocycles. The minimum absolute atomic E-state index is 0.000910. The average Bonchev–Trinajstić information content (AvgIpc) is 2.88. The molecule has 0 atom stereocenters. The van der Waals surface area contributed by atoms with Crippen molar-refractivity contribution in [2.24, 2.45) is 5.73 Å². The number of hydrogen-bond acceptors (Lipinski definition) is 5. The van der Waals surface area contributed by atoms with Crippen molar-refractivity contribution >= 4 is 17.6 Å². The molecule has 3 N–H and O–H groups in total. The van der Waals surface area contributed by atoms with E-state index in [-0.39, 0.29) is 23.8 Å². The topological polar surface area (TPSA) is 85.0 Å². The highest BCUT2D eigenvalue weighted by Gasteiger charge is 2.19. The van der Waals surface area contributed by atoms with E-state index < -0.39 is 23.3 Å². The summed E-state index contributed by atoms with van der Waals surface area (Å²) in [5.74, 6) is -2.80. The van der Waals surface area contributed by atoms with E-state index in [1.165, 1.54) is 6.08 Å². The predicted molar refractivity (Wildman–Crippen MR) is 133 cm³/mol. The number of phenols is 1. The SMILES string of the molecule is CN1CCC(Oc2ccc(OCc3ccccc3/C(=C\c3ccc(F)c(O)c3F)C(N)=O)cc2)CC1. The summed E-state index contributed by atoms with van der Waals surface area (Å²) in [7, 11) is 2.11. The standard InChI is InChI=1S/C28H28F2N2O4/c1-32-14-12-22(13-15-32)36-21-9-7-20(8-10-21)35-17-19-4-2-3-5-23(19)24(28(31)34)16-18-6-11-25(29)27(33)26(18)30/h2-11,16,22,33H,12-15,17H2,1H3,(H2,31,34)/b24-16+. The van der Waals surface area contributed by atoms with E-state index in [0.29, 0.717) is 16.9 Å². The van der Waals surface area contributed by atoms with E-state index in [9.17, 15) is 18.7 Å². The lowest BCUT2D eigenvalue weighted by Crippen LogP contribution is -2.35. The van der Waals surface area contributed by atoms with Crippen LogP contribution in [0.15, 0.2) is 60.7 Å². The normalized spacial score (nSPS) is 15.0. The van der Waals surface area contributed by atoms with E-state index in [0.717, 1.165) is 43.8 Å². The number of likely N-dealkylation sites (tertiary alicyclic amines) is 1. The van der Waals surface area contributed by atoms with Gasteiger partial charge in [0.15, 0.2) is 17.4 Å². The molecule has 6 nitrogen and oxygen atoms in total. The van der Waals surface area contributed by atoms with Gasteiger partial charge in [0.2, 0.25) is 5.91 Å². The summed E-state index contributed by atoms with van der Waals surface area (Å²) < 4.78 is 39.8. The third kappa shape index (κ3) is 6.01. The van der Waals surface area contributed by atoms with Gasteiger partial charge >= 0.3 is 0 Å². The monoisotopic (exact) mass is 494 g/mol. The molecular formula is C28H28F2N2O4. The molecule has 0 bridgehead atoms. The zero-order valence-corrected chi connectivity index (χ0v) is 19.9. The first kappa shape index (κ1) is 25.2. The minimum atomic E-state index is -1.18. The maximum absolute atomic E-state index is 14.3. The van der Waals surface area contributed by atoms with Crippen LogP contribution in [-0.4, -0.2) is 42.2 Å². The molecule has 0 radical (unpaired) electrons. The van der Waals surface area contributed by atoms with Gasteiger partial charge in [-0.1, -0.05) is 24.3 Å². The van der Waals surface area contributed by atoms with Crippen LogP contribution in [0.2, 0.25) is 0 Å². The number of halogens is 2. The molecule has 1 amide bonds. The number of amides is 1. The first-order valence-electron chi connectivity index (χ1n) is 11.7. The summed E-state index contributed by atoms with van der Waals surface area (Å²) in [6, 6.07) is 16.3. The molecule has 0 unspecified atom stereocenters. The van der Waals surface area contributed by atoms with Crippen LogP contribution in [0.1, 0.15) is 29.5 Å². The predicted octanol–water partition coefficient (Wildman–Crippen LogP) is 4.75. The van der Waals surface area contributed by atoms with E-state index in [1.54, 1.807) is 24.3 Å². The Morgan fingerprint density at radius 3 is 2.42 bits per heavy atom. The lowest BCUT2D eigenvalue weighted by molar-refractivity contribution is -0.112. The summed E-state index contributed by atoms with van der Waals surface area (Å²) in [5.41, 5.74) is 6.50. The van der Waals surface area contributed by atoms with Crippen molar-refractivity contribution < 1.29 is 28.2 Å². The van der Waals surface area contributed by atoms with Crippen molar-refractivity contribution in [1.82, 2.24) is 4.90 Å². The molecule has 0 aliphatic carbocycles. The number of benzene rings is 3. The van der Waals surface area contributed by atoms with E-state index >= 15 is 0 Å². The van der Waals surface area contributed by atoms with Gasteiger partial charge in [-0.3, -0.25) is 4.79 Å². The zero-order chi connectivity index (χ0) is 25.7. The second kappa shape index (κ2) is 11.2. The first-order chi connectivity index (χ1) is 17.3. The Hall–Kier alpha value is -3.91. The quantitative estimate of drug-likeness (QED) is 0.349. The van der Waals surface area contributed by atoms with Crippen molar-refractivity contribution in [2.45, 2.75) is 25.6 Å². The van der Waals surface area contributed by atoms with Crippen LogP contribution in [0.3, 0.4) is 0 Å². The van der Waals surface area contributed by atoms with Crippen molar-refractivity contribution in [3.63, 3.8) is 0 Å². The first-order valence-corrected chi connectivity index (χ1v) is 11.7. The van der Waals surface area contributed by atoms with Crippen LogP contribution >= 0.6 is 0 Å². The van der Waals surface area contributed by atoms with Gasteiger partial charge in [-0.15, -0.1) is 0 Å². The van der Waals surface area contributed by atoms with Gasteiger partial charge in [-0.2, -0.15) is 0 Å². The molecular weight excluding hydrogens is 466 g/mol. The number of carbonyl (C=O) groups excluding carboxylic acids is 1. The van der Waals surface area contributed by atoms with Gasteiger partial charge < -0.3 is 25.2 Å². The fourth-order valence-electron chi connectivity index (χ4n) is 4.08. The largest absolute Gasteiger partial charge is 0.503 e. The average molecular weight is 495 g/mol. The Kier molecular flexibility index (Phi) is 7.85. The van der Waals surface area contributed by atoms with Crippen molar-refractivity contribution in [2.75, 3.05) is 20.1 Å². The third-order valence-electron chi connectivity index (χ3n) is 6.16. The molecule has 4 rings (SSSR count). The number of piperidine rings is 1. The van der Waals surface area contributed by atoms with Gasteiger partial charge in [-0.25, -0.2) is 8.78 Å². The Bertz CT molecular complexity index is 1250. The summed E-state index contributed by atoms with van der Waals surface area (Å²) in [5, 5.41) is 9.57. The van der Waals surface area contributed by atoms with Gasteiger partial charge in [0, 0.05) is 24.2 Å². The summed E-state index contributed by atoms with van der Waals surface area (Å²) in [4.78, 5) is 14.5. The highest BCUT2D eigenvalue weighted by Crippen LogP contribution is 2.29. The molecule has 3 aromatic rings. The second-order valence-electron chi connectivity index (χ2n) is 8.76. The Labute approximate surface area is 208 Å². The summed E-state index contributed by atoms with van der Waals surface area (Å²) >= 11 is 0. The summed E-state index contributed by atoms with van der Waals surface area (Å²) in [6.07, 6.45) is 3.36. The number of primary amides is 1. The Morgan fingerprint density at radius 1 is 1.06 bits per heavy atom. The number of nitrogens with two attached hydrogens (primary N) is 1. The Balaban J connectivity index is 1.49. The molecule has 1 saturated heterocycles. The maximum atomic E-state index is 14.3. The lowest BCUT2D eigenvalue weighted by atomic mass is 9.97. The molecule has 36 heavy (non-hydrogen) atoms. The van der Waals surface area contributed by atoms with Crippen LogP contribution in [0.25, 0.3) is 11.6 Å². The lowest BCUT2D eigenvalue weighted by Gasteiger charge is -2.29. The number of ether oxygens (including phenoxy) is 2. The highest BCUT2D eigenvalue weighted by molar-refractivity contribution is 6.23. The van der Waals surface area contributed by atoms with Gasteiger partial charge in [-0.05, 0) is 73.5 Å². The molecule has 1 fully saturated rings. The maximum Gasteiger partial charge on any atom is 0.249 e. The van der Waals surface area contributed by atoms with E-state index in [2.05, 4.69) is 11.9 Å². The number of rotatable bonds is 8. The molecule has 0 aromatic heterocycles. The zero-order valence-electron chi connectivity index (χ0n) is 19.9. The minimum Gasteiger partial charge on any atom is -0.503 e. The third-order valence-corrected chi connectivity index (χ3v) is 6.16. The number of hydrogen-bond donors (Lipinski definition) is 2. The van der Waals surface area contributed by atoms with Crippen LogP contribution in [-0.2, 0) is 11.4 Å². The number of aromatic hydroxyl groups is 1. The molecule has 1 heterocycles. The molecule has 0 saturated carbocycles. The molecule has 1 aliphatic heterocycles. The van der Waals surface area contributed by atoms with Gasteiger partial charge in [0.1, 0.15) is 24.2 Å². The number of phenolic OH excluding ortho intramolecular Hbond substituents is 1. The van der Waals surface area contributed by atoms with Crippen LogP contribution in [0.4, 0.5) is 8.78 Å². The second-order valence-corrected chi connectivity index (χ2v) is 8.76. The van der Waals surface area contributed by atoms with Crippen molar-refractivity contribution in [1.29, 1.82) is 0 Å². The van der Waals surface area contributed by atoms with Crippen molar-refractivity contribution in [3.8, 4) is 17.2 Å². The number of nitrogens with zero attached hydrogens (tertiary/aromatic N) is 1. The van der Waals surface area contributed by atoms with Gasteiger partial charge in [0.05, 0.1) is 0 Å². The van der Waals surface area contributed by atoms with Crippen LogP contribution < -0.4 is 15.2 Å². The Morgan fingerprint density at radius 2 is 1.72 bits per heavy atom. The highest BCUT2D eigenvalue weighted by atomic mass is 19.1. The van der Waals surface area contributed by atoms with Gasteiger partial charge in [0.25, 0.3) is 0 Å². The number of carbonyl (C=O) groups is 1. The molecule has 0 spiro atoms. The van der Waals surface area contributed by atoms with E-state index in [1.807, 2.05) is 24.3 Å².